The molecular weight excluding hydrogens is 434 g/mol. The Hall–Kier alpha value is -3.05. The van der Waals surface area contributed by atoms with Gasteiger partial charge >= 0.3 is 5.97 Å². The van der Waals surface area contributed by atoms with Gasteiger partial charge in [0.25, 0.3) is 0 Å². The van der Waals surface area contributed by atoms with E-state index in [0.717, 1.165) is 16.5 Å². The summed E-state index contributed by atoms with van der Waals surface area (Å²) in [5.74, 6) is -2.57. The lowest BCUT2D eigenvalue weighted by molar-refractivity contribution is -0.142. The van der Waals surface area contributed by atoms with Gasteiger partial charge < -0.3 is 32.2 Å². The summed E-state index contributed by atoms with van der Waals surface area (Å²) in [4.78, 5) is 51.1. The van der Waals surface area contributed by atoms with Crippen molar-refractivity contribution in [2.24, 2.45) is 11.5 Å². The van der Waals surface area contributed by atoms with Gasteiger partial charge in [0.1, 0.15) is 12.1 Å². The second kappa shape index (κ2) is 12.1. The number of hydrogen-bond acceptors (Lipinski definition) is 6. The zero-order valence-electron chi connectivity index (χ0n) is 17.8. The molecule has 0 fully saturated rings. The van der Waals surface area contributed by atoms with Gasteiger partial charge in [-0.15, -0.1) is 0 Å². The van der Waals surface area contributed by atoms with Crippen LogP contribution in [0.3, 0.4) is 0 Å². The zero-order chi connectivity index (χ0) is 23.7. The number of thioether (sulfide) groups is 1. The summed E-state index contributed by atoms with van der Waals surface area (Å²) in [6, 6.07) is 4.39. The highest BCUT2D eigenvalue weighted by Crippen LogP contribution is 2.18. The number of benzene rings is 1. The van der Waals surface area contributed by atoms with E-state index in [4.69, 9.17) is 11.5 Å². The maximum Gasteiger partial charge on any atom is 0.326 e. The van der Waals surface area contributed by atoms with Gasteiger partial charge in [-0.25, -0.2) is 4.79 Å². The van der Waals surface area contributed by atoms with Crippen LogP contribution in [0.1, 0.15) is 24.8 Å². The largest absolute Gasteiger partial charge is 0.480 e. The monoisotopic (exact) mass is 463 g/mol. The van der Waals surface area contributed by atoms with Crippen LogP contribution >= 0.6 is 11.8 Å². The van der Waals surface area contributed by atoms with Gasteiger partial charge in [-0.2, -0.15) is 11.8 Å². The number of aromatic nitrogens is 1. The van der Waals surface area contributed by atoms with E-state index in [-0.39, 0.29) is 25.7 Å². The van der Waals surface area contributed by atoms with Crippen molar-refractivity contribution in [3.63, 3.8) is 0 Å². The lowest BCUT2D eigenvalue weighted by atomic mass is 10.0. The van der Waals surface area contributed by atoms with Crippen LogP contribution in [-0.2, 0) is 25.6 Å². The van der Waals surface area contributed by atoms with E-state index in [9.17, 15) is 24.3 Å². The number of hydrogen-bond donors (Lipinski definition) is 6. The van der Waals surface area contributed by atoms with E-state index in [1.165, 1.54) is 11.8 Å². The molecule has 0 aliphatic carbocycles. The van der Waals surface area contributed by atoms with Crippen molar-refractivity contribution in [2.75, 3.05) is 12.0 Å². The summed E-state index contributed by atoms with van der Waals surface area (Å²) >= 11 is 1.45. The summed E-state index contributed by atoms with van der Waals surface area (Å²) in [6.07, 6.45) is 3.83. The summed E-state index contributed by atoms with van der Waals surface area (Å²) in [5.41, 5.74) is 13.0. The quantitative estimate of drug-likeness (QED) is 0.244. The van der Waals surface area contributed by atoms with Crippen LogP contribution in [0.25, 0.3) is 10.9 Å². The summed E-state index contributed by atoms with van der Waals surface area (Å²) in [6.45, 7) is 0. The topological polar surface area (TPSA) is 180 Å². The molecule has 0 aliphatic rings. The maximum absolute atomic E-state index is 12.7. The van der Waals surface area contributed by atoms with Crippen molar-refractivity contribution >= 4 is 46.4 Å². The van der Waals surface area contributed by atoms with Gasteiger partial charge in [0, 0.05) is 23.5 Å². The Bertz CT molecular complexity index is 963. The number of carboxylic acid groups (broad SMARTS) is 1. The Morgan fingerprint density at radius 1 is 1.09 bits per heavy atom. The molecule has 0 bridgehead atoms. The number of carboxylic acids is 1. The number of carbonyl (C=O) groups excluding carboxylic acids is 3. The van der Waals surface area contributed by atoms with Crippen LogP contribution in [0, 0.1) is 0 Å². The smallest absolute Gasteiger partial charge is 0.326 e. The SMILES string of the molecule is CSCC[C@H](NC(=O)[C@H](CCC(N)=O)NC(=O)[C@@H](N)Cc1c[nH]c2ccccc12)C(=O)O. The Morgan fingerprint density at radius 2 is 1.78 bits per heavy atom. The summed E-state index contributed by atoms with van der Waals surface area (Å²) < 4.78 is 0. The molecule has 2 rings (SSSR count). The van der Waals surface area contributed by atoms with Crippen molar-refractivity contribution in [2.45, 2.75) is 43.8 Å². The van der Waals surface area contributed by atoms with Gasteiger partial charge in [0.05, 0.1) is 6.04 Å². The van der Waals surface area contributed by atoms with E-state index < -0.39 is 41.8 Å². The fourth-order valence-electron chi connectivity index (χ4n) is 3.23. The molecule has 1 aromatic heterocycles. The van der Waals surface area contributed by atoms with Crippen LogP contribution in [0.15, 0.2) is 30.5 Å². The van der Waals surface area contributed by atoms with Gasteiger partial charge in [0.15, 0.2) is 0 Å². The van der Waals surface area contributed by atoms with Crippen molar-refractivity contribution in [3.05, 3.63) is 36.0 Å². The second-order valence-corrected chi connectivity index (χ2v) is 8.40. The van der Waals surface area contributed by atoms with E-state index in [0.29, 0.717) is 5.75 Å². The first-order chi connectivity index (χ1) is 15.2. The molecule has 32 heavy (non-hydrogen) atoms. The van der Waals surface area contributed by atoms with E-state index >= 15 is 0 Å². The molecular formula is C21H29N5O5S. The molecule has 11 heteroatoms. The van der Waals surface area contributed by atoms with Gasteiger partial charge in [-0.1, -0.05) is 18.2 Å². The Balaban J connectivity index is 2.06. The maximum atomic E-state index is 12.7. The molecule has 3 amide bonds. The molecule has 0 aliphatic heterocycles. The second-order valence-electron chi connectivity index (χ2n) is 7.42. The number of rotatable bonds is 13. The number of nitrogens with two attached hydrogens (primary N) is 2. The van der Waals surface area contributed by atoms with E-state index in [1.54, 1.807) is 6.20 Å². The number of carbonyl (C=O) groups is 4. The Labute approximate surface area is 189 Å². The van der Waals surface area contributed by atoms with Crippen LogP contribution in [0.2, 0.25) is 0 Å². The fraction of sp³-hybridized carbons (Fsp3) is 0.429. The van der Waals surface area contributed by atoms with Gasteiger partial charge in [-0.05, 0) is 42.9 Å². The van der Waals surface area contributed by atoms with E-state index in [2.05, 4.69) is 15.6 Å². The minimum absolute atomic E-state index is 0.0679. The summed E-state index contributed by atoms with van der Waals surface area (Å²) in [5, 5.41) is 15.2. The average Bonchev–Trinajstić information content (AvgIpc) is 3.16. The number of aliphatic carboxylic acids is 1. The highest BCUT2D eigenvalue weighted by atomic mass is 32.2. The number of amides is 3. The number of aromatic amines is 1. The zero-order valence-corrected chi connectivity index (χ0v) is 18.6. The van der Waals surface area contributed by atoms with Crippen LogP contribution in [-0.4, -0.2) is 63.9 Å². The van der Waals surface area contributed by atoms with E-state index in [1.807, 2.05) is 30.5 Å². The minimum atomic E-state index is -1.18. The molecule has 10 nitrogen and oxygen atoms in total. The number of fused-ring (bicyclic) bond motifs is 1. The predicted octanol–water partition coefficient (Wildman–Crippen LogP) is 0.111. The van der Waals surface area contributed by atoms with Gasteiger partial charge in [0.2, 0.25) is 17.7 Å². The van der Waals surface area contributed by atoms with Crippen molar-refractivity contribution in [1.82, 2.24) is 15.6 Å². The molecule has 0 saturated carbocycles. The Kier molecular flexibility index (Phi) is 9.54. The third kappa shape index (κ3) is 7.27. The molecule has 1 aromatic carbocycles. The molecule has 1 heterocycles. The first kappa shape index (κ1) is 25.2. The predicted molar refractivity (Wildman–Crippen MR) is 123 cm³/mol. The molecule has 8 N–H and O–H groups in total. The number of H-pyrrole nitrogens is 1. The Morgan fingerprint density at radius 3 is 2.44 bits per heavy atom. The number of primary amides is 1. The highest BCUT2D eigenvalue weighted by molar-refractivity contribution is 7.98. The number of nitrogens with one attached hydrogen (secondary N) is 3. The normalized spacial score (nSPS) is 13.8. The molecule has 0 radical (unpaired) electrons. The van der Waals surface area contributed by atoms with Crippen molar-refractivity contribution < 1.29 is 24.3 Å². The van der Waals surface area contributed by atoms with Crippen molar-refractivity contribution in [1.29, 1.82) is 0 Å². The molecule has 0 unspecified atom stereocenters. The third-order valence-electron chi connectivity index (χ3n) is 4.99. The van der Waals surface area contributed by atoms with Gasteiger partial charge in [-0.3, -0.25) is 14.4 Å². The van der Waals surface area contributed by atoms with Crippen LogP contribution in [0.4, 0.5) is 0 Å². The fourth-order valence-corrected chi connectivity index (χ4v) is 3.70. The number of para-hydroxylation sites is 1. The lowest BCUT2D eigenvalue weighted by Crippen LogP contribution is -2.55. The molecule has 2 aromatic rings. The molecule has 0 saturated heterocycles. The average molecular weight is 464 g/mol. The van der Waals surface area contributed by atoms with Crippen molar-refractivity contribution in [3.8, 4) is 0 Å². The lowest BCUT2D eigenvalue weighted by Gasteiger charge is -2.22. The molecule has 3 atom stereocenters. The first-order valence-electron chi connectivity index (χ1n) is 10.1. The summed E-state index contributed by atoms with van der Waals surface area (Å²) in [7, 11) is 0. The van der Waals surface area contributed by atoms with Crippen LogP contribution < -0.4 is 22.1 Å². The first-order valence-corrected chi connectivity index (χ1v) is 11.5. The minimum Gasteiger partial charge on any atom is -0.480 e. The van der Waals surface area contributed by atoms with Crippen LogP contribution in [0.5, 0.6) is 0 Å². The third-order valence-corrected chi connectivity index (χ3v) is 5.63. The highest BCUT2D eigenvalue weighted by Gasteiger charge is 2.28. The molecule has 174 valence electrons. The standard InChI is InChI=1S/C21H29N5O5S/c1-32-9-8-17(21(30)31)26-20(29)16(6-7-18(23)27)25-19(28)14(22)10-12-11-24-15-5-3-2-4-13(12)15/h2-5,11,14,16-17,24H,6-10,22H2,1H3,(H2,23,27)(H,25,28)(H,26,29)(H,30,31)/t14-,16-,17-/m0/s1. The molecule has 0 spiro atoms.